The number of unbranched alkanes of at least 4 members (excludes halogenated alkanes) is 3. The van der Waals surface area contributed by atoms with Crippen LogP contribution in [-0.4, -0.2) is 11.7 Å². The second-order valence-corrected chi connectivity index (χ2v) is 4.70. The number of aliphatic hydroxyl groups is 1. The van der Waals surface area contributed by atoms with Crippen molar-refractivity contribution in [3.63, 3.8) is 0 Å². The van der Waals surface area contributed by atoms with Crippen molar-refractivity contribution >= 4 is 27.3 Å². The Bertz CT molecular complexity index is 322. The maximum Gasteiger partial charge on any atom is 0.0910 e. The lowest BCUT2D eigenvalue weighted by molar-refractivity contribution is 0.283. The van der Waals surface area contributed by atoms with Gasteiger partial charge in [-0.05, 0) is 40.2 Å². The topological polar surface area (TPSA) is 20.2 Å². The van der Waals surface area contributed by atoms with Crippen LogP contribution >= 0.6 is 27.3 Å². The molecule has 1 rings (SSSR count). The first kappa shape index (κ1) is 11.8. The largest absolute Gasteiger partial charge is 0.396 e. The van der Waals surface area contributed by atoms with E-state index in [2.05, 4.69) is 27.8 Å². The van der Waals surface area contributed by atoms with Crippen LogP contribution in [0.5, 0.6) is 0 Å². The summed E-state index contributed by atoms with van der Waals surface area (Å²) >= 11 is 5.09. The van der Waals surface area contributed by atoms with Crippen molar-refractivity contribution in [2.45, 2.75) is 25.7 Å². The fraction of sp³-hybridized carbons (Fsp3) is 0.455. The predicted octanol–water partition coefficient (Wildman–Crippen LogP) is 3.41. The van der Waals surface area contributed by atoms with Crippen LogP contribution in [0.1, 0.15) is 30.6 Å². The zero-order valence-corrected chi connectivity index (χ0v) is 10.3. The molecule has 0 aliphatic heterocycles. The molecule has 0 spiro atoms. The maximum absolute atomic E-state index is 8.57. The lowest BCUT2D eigenvalue weighted by atomic mass is 10.2. The summed E-state index contributed by atoms with van der Waals surface area (Å²) in [5.41, 5.74) is 0. The molecule has 0 saturated heterocycles. The third kappa shape index (κ3) is 4.28. The van der Waals surface area contributed by atoms with Gasteiger partial charge in [-0.15, -0.1) is 11.3 Å². The summed E-state index contributed by atoms with van der Waals surface area (Å²) in [6.45, 7) is 0.296. The highest BCUT2D eigenvalue weighted by atomic mass is 79.9. The Labute approximate surface area is 97.3 Å². The molecule has 0 bridgehead atoms. The Kier molecular flexibility index (Phi) is 5.93. The van der Waals surface area contributed by atoms with Gasteiger partial charge in [-0.2, -0.15) is 0 Å². The van der Waals surface area contributed by atoms with Gasteiger partial charge in [-0.1, -0.05) is 18.3 Å². The zero-order chi connectivity index (χ0) is 10.2. The van der Waals surface area contributed by atoms with Crippen molar-refractivity contribution in [3.05, 3.63) is 20.8 Å². The number of aliphatic hydroxyl groups excluding tert-OH is 1. The monoisotopic (exact) mass is 272 g/mol. The van der Waals surface area contributed by atoms with Crippen LogP contribution in [0.15, 0.2) is 15.9 Å². The van der Waals surface area contributed by atoms with Gasteiger partial charge in [0.2, 0.25) is 0 Å². The van der Waals surface area contributed by atoms with Crippen molar-refractivity contribution in [1.29, 1.82) is 0 Å². The molecule has 14 heavy (non-hydrogen) atoms. The second-order valence-electron chi connectivity index (χ2n) is 2.93. The van der Waals surface area contributed by atoms with Crippen LogP contribution in [0.25, 0.3) is 0 Å². The van der Waals surface area contributed by atoms with Crippen molar-refractivity contribution in [3.8, 4) is 11.8 Å². The van der Waals surface area contributed by atoms with Gasteiger partial charge in [0.05, 0.1) is 4.88 Å². The van der Waals surface area contributed by atoms with Gasteiger partial charge in [0.25, 0.3) is 0 Å². The molecule has 0 fully saturated rings. The summed E-state index contributed by atoms with van der Waals surface area (Å²) in [5.74, 6) is 6.27. The average molecular weight is 273 g/mol. The minimum absolute atomic E-state index is 0.296. The zero-order valence-electron chi connectivity index (χ0n) is 7.92. The van der Waals surface area contributed by atoms with Crippen LogP contribution in [0.2, 0.25) is 0 Å². The Balaban J connectivity index is 2.24. The van der Waals surface area contributed by atoms with Crippen LogP contribution in [0.4, 0.5) is 0 Å². The second kappa shape index (κ2) is 7.05. The van der Waals surface area contributed by atoms with E-state index in [9.17, 15) is 0 Å². The fourth-order valence-corrected chi connectivity index (χ4v) is 2.37. The smallest absolute Gasteiger partial charge is 0.0910 e. The van der Waals surface area contributed by atoms with Crippen molar-refractivity contribution < 1.29 is 5.11 Å². The van der Waals surface area contributed by atoms with Crippen LogP contribution in [0, 0.1) is 11.8 Å². The lowest BCUT2D eigenvalue weighted by Gasteiger charge is -1.91. The molecule has 0 aliphatic rings. The number of thiophene rings is 1. The molecular weight excluding hydrogens is 260 g/mol. The SMILES string of the molecule is OCCCCCC#Cc1sccc1Br. The molecule has 0 amide bonds. The molecule has 1 aromatic rings. The normalized spacial score (nSPS) is 9.57. The van der Waals surface area contributed by atoms with Gasteiger partial charge in [-0.3, -0.25) is 0 Å². The molecule has 0 saturated carbocycles. The molecule has 3 heteroatoms. The van der Waals surface area contributed by atoms with Crippen molar-refractivity contribution in [2.75, 3.05) is 6.61 Å². The highest BCUT2D eigenvalue weighted by Crippen LogP contribution is 2.21. The highest BCUT2D eigenvalue weighted by Gasteiger charge is 1.94. The molecule has 0 aliphatic carbocycles. The van der Waals surface area contributed by atoms with Gasteiger partial charge in [0, 0.05) is 17.5 Å². The molecule has 1 N–H and O–H groups in total. The quantitative estimate of drug-likeness (QED) is 0.658. The van der Waals surface area contributed by atoms with E-state index in [1.54, 1.807) is 11.3 Å². The number of hydrogen-bond donors (Lipinski definition) is 1. The third-order valence-corrected chi connectivity index (χ3v) is 3.53. The van der Waals surface area contributed by atoms with Crippen LogP contribution in [-0.2, 0) is 0 Å². The molecule has 0 radical (unpaired) electrons. The molecule has 1 nitrogen and oxygen atoms in total. The summed E-state index contributed by atoms with van der Waals surface area (Å²) in [7, 11) is 0. The molecule has 0 unspecified atom stereocenters. The van der Waals surface area contributed by atoms with Crippen LogP contribution < -0.4 is 0 Å². The van der Waals surface area contributed by atoms with Crippen molar-refractivity contribution in [1.82, 2.24) is 0 Å². The van der Waals surface area contributed by atoms with E-state index in [0.717, 1.165) is 35.0 Å². The first-order valence-corrected chi connectivity index (χ1v) is 6.34. The van der Waals surface area contributed by atoms with E-state index in [0.29, 0.717) is 6.61 Å². The van der Waals surface area contributed by atoms with Gasteiger partial charge in [-0.25, -0.2) is 0 Å². The summed E-state index contributed by atoms with van der Waals surface area (Å²) in [6, 6.07) is 2.01. The first-order chi connectivity index (χ1) is 6.84. The number of rotatable bonds is 4. The molecule has 1 aromatic heterocycles. The summed E-state index contributed by atoms with van der Waals surface area (Å²) in [6.07, 6.45) is 3.96. The van der Waals surface area contributed by atoms with Gasteiger partial charge in [0.15, 0.2) is 0 Å². The van der Waals surface area contributed by atoms with E-state index in [4.69, 9.17) is 5.11 Å². The summed E-state index contributed by atoms with van der Waals surface area (Å²) < 4.78 is 1.09. The molecule has 0 aromatic carbocycles. The Morgan fingerprint density at radius 2 is 2.21 bits per heavy atom. The number of halogens is 1. The molecule has 76 valence electrons. The predicted molar refractivity (Wildman–Crippen MR) is 64.5 cm³/mol. The Morgan fingerprint density at radius 1 is 1.36 bits per heavy atom. The van der Waals surface area contributed by atoms with Gasteiger partial charge < -0.3 is 5.11 Å². The van der Waals surface area contributed by atoms with E-state index in [1.165, 1.54) is 0 Å². The number of hydrogen-bond acceptors (Lipinski definition) is 2. The maximum atomic E-state index is 8.57. The van der Waals surface area contributed by atoms with Crippen molar-refractivity contribution in [2.24, 2.45) is 0 Å². The summed E-state index contributed by atoms with van der Waals surface area (Å²) in [4.78, 5) is 1.10. The fourth-order valence-electron chi connectivity index (χ4n) is 1.03. The van der Waals surface area contributed by atoms with E-state index >= 15 is 0 Å². The highest BCUT2D eigenvalue weighted by molar-refractivity contribution is 9.10. The average Bonchev–Trinajstić information content (AvgIpc) is 2.58. The van der Waals surface area contributed by atoms with E-state index in [-0.39, 0.29) is 0 Å². The Hall–Kier alpha value is -0.300. The molecule has 0 atom stereocenters. The minimum Gasteiger partial charge on any atom is -0.396 e. The lowest BCUT2D eigenvalue weighted by Crippen LogP contribution is -1.81. The Morgan fingerprint density at radius 3 is 2.86 bits per heavy atom. The van der Waals surface area contributed by atoms with E-state index < -0.39 is 0 Å². The molecule has 1 heterocycles. The first-order valence-electron chi connectivity index (χ1n) is 4.67. The van der Waals surface area contributed by atoms with E-state index in [1.807, 2.05) is 11.4 Å². The standard InChI is InChI=1S/C11H13BrOS/c12-10-7-9-14-11(10)6-4-2-1-3-5-8-13/h7,9,13H,1-3,5,8H2. The van der Waals surface area contributed by atoms with Gasteiger partial charge in [0.1, 0.15) is 0 Å². The summed E-state index contributed by atoms with van der Waals surface area (Å²) in [5, 5.41) is 10.6. The minimum atomic E-state index is 0.296. The third-order valence-electron chi connectivity index (χ3n) is 1.78. The van der Waals surface area contributed by atoms with Crippen LogP contribution in [0.3, 0.4) is 0 Å². The van der Waals surface area contributed by atoms with Gasteiger partial charge >= 0.3 is 0 Å². The molecular formula is C11H13BrOS.